The number of likely N-dealkylation sites (tertiary alicyclic amines) is 1. The first-order chi connectivity index (χ1) is 12.6. The molecule has 2 fully saturated rings. The number of hydrogen-bond donors (Lipinski definition) is 1. The van der Waals surface area contributed by atoms with Crippen LogP contribution in [0.5, 0.6) is 0 Å². The second-order valence-corrected chi connectivity index (χ2v) is 6.98. The molecule has 4 rings (SSSR count). The molecule has 0 bridgehead atoms. The molecule has 1 amide bonds. The van der Waals surface area contributed by atoms with Crippen molar-refractivity contribution in [1.29, 1.82) is 0 Å². The van der Waals surface area contributed by atoms with Gasteiger partial charge in [-0.1, -0.05) is 30.3 Å². The first kappa shape index (κ1) is 16.9. The molecule has 0 unspecified atom stereocenters. The van der Waals surface area contributed by atoms with Crippen LogP contribution in [0.25, 0.3) is 0 Å². The molecule has 2 aromatic rings. The third kappa shape index (κ3) is 2.83. The van der Waals surface area contributed by atoms with Crippen LogP contribution in [-0.2, 0) is 21.6 Å². The summed E-state index contributed by atoms with van der Waals surface area (Å²) in [6, 6.07) is 10.2. The number of piperidine rings is 1. The van der Waals surface area contributed by atoms with Crippen LogP contribution in [0.15, 0.2) is 42.7 Å². The zero-order valence-corrected chi connectivity index (χ0v) is 14.8. The van der Waals surface area contributed by atoms with Crippen LogP contribution >= 0.6 is 0 Å². The van der Waals surface area contributed by atoms with Crippen molar-refractivity contribution in [3.63, 3.8) is 0 Å². The number of hydrogen-bond acceptors (Lipinski definition) is 6. The summed E-state index contributed by atoms with van der Waals surface area (Å²) in [5.74, 6) is 0.316. The van der Waals surface area contributed by atoms with Crippen LogP contribution in [0, 0.1) is 0 Å². The molecule has 0 spiro atoms. The number of amides is 1. The standard InChI is InChI=1S/C19H23N5O2/c1-23-17(25)13-26-16-12-24(11-14-9-21-18(20)22-10-14)8-7-19(16,23)15-5-3-2-4-6-15/h2-6,9-10,16H,7-8,11-13H2,1H3,(H2,20,21,22)/t16-,19+/m1/s1. The number of nitrogen functional groups attached to an aromatic ring is 1. The first-order valence-corrected chi connectivity index (χ1v) is 8.82. The van der Waals surface area contributed by atoms with Crippen molar-refractivity contribution in [3.05, 3.63) is 53.9 Å². The third-order valence-electron chi connectivity index (χ3n) is 5.55. The summed E-state index contributed by atoms with van der Waals surface area (Å²) in [6.45, 7) is 2.48. The minimum absolute atomic E-state index is 0.0329. The molecule has 2 aliphatic rings. The largest absolute Gasteiger partial charge is 0.368 e. The molecule has 136 valence electrons. The number of carbonyl (C=O) groups is 1. The Hall–Kier alpha value is -2.51. The maximum atomic E-state index is 12.4. The van der Waals surface area contributed by atoms with Gasteiger partial charge in [0.25, 0.3) is 0 Å². The topological polar surface area (TPSA) is 84.6 Å². The first-order valence-electron chi connectivity index (χ1n) is 8.82. The maximum Gasteiger partial charge on any atom is 0.249 e. The van der Waals surface area contributed by atoms with Crippen LogP contribution in [0.3, 0.4) is 0 Å². The Morgan fingerprint density at radius 1 is 1.27 bits per heavy atom. The van der Waals surface area contributed by atoms with E-state index in [4.69, 9.17) is 10.5 Å². The fraction of sp³-hybridized carbons (Fsp3) is 0.421. The van der Waals surface area contributed by atoms with Crippen LogP contribution in [0.2, 0.25) is 0 Å². The van der Waals surface area contributed by atoms with E-state index in [1.807, 2.05) is 30.1 Å². The fourth-order valence-electron chi connectivity index (χ4n) is 4.13. The summed E-state index contributed by atoms with van der Waals surface area (Å²) in [6.07, 6.45) is 4.27. The molecule has 1 aromatic heterocycles. The van der Waals surface area contributed by atoms with E-state index in [0.717, 1.165) is 37.2 Å². The van der Waals surface area contributed by atoms with Gasteiger partial charge in [0.1, 0.15) is 6.61 Å². The van der Waals surface area contributed by atoms with Crippen molar-refractivity contribution >= 4 is 11.9 Å². The maximum absolute atomic E-state index is 12.4. The van der Waals surface area contributed by atoms with Gasteiger partial charge in [0, 0.05) is 44.6 Å². The van der Waals surface area contributed by atoms with Crippen molar-refractivity contribution in [3.8, 4) is 0 Å². The van der Waals surface area contributed by atoms with Crippen LogP contribution < -0.4 is 5.73 Å². The minimum Gasteiger partial charge on any atom is -0.368 e. The summed E-state index contributed by atoms with van der Waals surface area (Å²) in [5, 5.41) is 0. The Morgan fingerprint density at radius 3 is 2.73 bits per heavy atom. The molecule has 0 aliphatic carbocycles. The predicted molar refractivity (Wildman–Crippen MR) is 97.0 cm³/mol. The molecular weight excluding hydrogens is 330 g/mol. The van der Waals surface area contributed by atoms with E-state index in [0.29, 0.717) is 0 Å². The van der Waals surface area contributed by atoms with Crippen LogP contribution in [0.1, 0.15) is 17.5 Å². The predicted octanol–water partition coefficient (Wildman–Crippen LogP) is 1.02. The molecule has 0 radical (unpaired) electrons. The molecule has 7 nitrogen and oxygen atoms in total. The minimum atomic E-state index is -0.412. The second kappa shape index (κ2) is 6.66. The van der Waals surface area contributed by atoms with Gasteiger partial charge >= 0.3 is 0 Å². The average molecular weight is 353 g/mol. The third-order valence-corrected chi connectivity index (χ3v) is 5.55. The molecule has 3 heterocycles. The highest BCUT2D eigenvalue weighted by Crippen LogP contribution is 2.42. The van der Waals surface area contributed by atoms with Gasteiger partial charge in [-0.25, -0.2) is 9.97 Å². The van der Waals surface area contributed by atoms with Gasteiger partial charge in [0.05, 0.1) is 11.6 Å². The summed E-state index contributed by atoms with van der Waals surface area (Å²) >= 11 is 0. The van der Waals surface area contributed by atoms with Gasteiger partial charge in [0.2, 0.25) is 11.9 Å². The lowest BCUT2D eigenvalue weighted by Crippen LogP contribution is -2.66. The summed E-state index contributed by atoms with van der Waals surface area (Å²) in [5.41, 5.74) is 7.31. The summed E-state index contributed by atoms with van der Waals surface area (Å²) in [7, 11) is 1.90. The second-order valence-electron chi connectivity index (χ2n) is 6.98. The van der Waals surface area contributed by atoms with Crippen molar-refractivity contribution in [1.82, 2.24) is 19.8 Å². The van der Waals surface area contributed by atoms with Gasteiger partial charge in [0.15, 0.2) is 0 Å². The molecule has 0 saturated carbocycles. The number of nitrogens with zero attached hydrogens (tertiary/aromatic N) is 4. The number of aromatic nitrogens is 2. The Kier molecular flexibility index (Phi) is 4.34. The van der Waals surface area contributed by atoms with E-state index in [1.54, 1.807) is 12.4 Å². The molecule has 26 heavy (non-hydrogen) atoms. The average Bonchev–Trinajstić information content (AvgIpc) is 2.67. The molecular formula is C19H23N5O2. The lowest BCUT2D eigenvalue weighted by atomic mass is 9.76. The van der Waals surface area contributed by atoms with Crippen LogP contribution in [0.4, 0.5) is 5.95 Å². The van der Waals surface area contributed by atoms with E-state index in [2.05, 4.69) is 27.0 Å². The number of nitrogens with two attached hydrogens (primary N) is 1. The highest BCUT2D eigenvalue weighted by atomic mass is 16.5. The highest BCUT2D eigenvalue weighted by molar-refractivity contribution is 5.79. The highest BCUT2D eigenvalue weighted by Gasteiger charge is 2.52. The number of ether oxygens (including phenoxy) is 1. The zero-order valence-electron chi connectivity index (χ0n) is 14.8. The lowest BCUT2D eigenvalue weighted by molar-refractivity contribution is -0.183. The van der Waals surface area contributed by atoms with E-state index < -0.39 is 5.54 Å². The number of rotatable bonds is 3. The van der Waals surface area contributed by atoms with Gasteiger partial charge < -0.3 is 15.4 Å². The van der Waals surface area contributed by atoms with Gasteiger partial charge in [-0.2, -0.15) is 0 Å². The van der Waals surface area contributed by atoms with Gasteiger partial charge in [-0.15, -0.1) is 0 Å². The fourth-order valence-corrected chi connectivity index (χ4v) is 4.13. The van der Waals surface area contributed by atoms with Gasteiger partial charge in [-0.05, 0) is 12.0 Å². The number of fused-ring (bicyclic) bond motifs is 1. The van der Waals surface area contributed by atoms with E-state index in [-0.39, 0.29) is 24.6 Å². The van der Waals surface area contributed by atoms with Crippen LogP contribution in [-0.4, -0.2) is 58.5 Å². The van der Waals surface area contributed by atoms with Gasteiger partial charge in [-0.3, -0.25) is 9.69 Å². The molecule has 2 atom stereocenters. The number of carbonyl (C=O) groups excluding carboxylic acids is 1. The normalized spacial score (nSPS) is 26.6. The molecule has 2 saturated heterocycles. The molecule has 2 N–H and O–H groups in total. The number of benzene rings is 1. The Balaban J connectivity index is 1.59. The quantitative estimate of drug-likeness (QED) is 0.887. The Labute approximate surface area is 152 Å². The Bertz CT molecular complexity index is 782. The number of anilines is 1. The van der Waals surface area contributed by atoms with Crippen molar-refractivity contribution in [2.75, 3.05) is 32.5 Å². The zero-order chi connectivity index (χ0) is 18.1. The molecule has 7 heteroatoms. The molecule has 1 aromatic carbocycles. The number of likely N-dealkylation sites (N-methyl/N-ethyl adjacent to an activating group) is 1. The lowest BCUT2D eigenvalue weighted by Gasteiger charge is -2.54. The SMILES string of the molecule is CN1C(=O)CO[C@@H]2CN(Cc3cnc(N)nc3)CC[C@]21c1ccccc1. The Morgan fingerprint density at radius 2 is 2.00 bits per heavy atom. The monoisotopic (exact) mass is 353 g/mol. The summed E-state index contributed by atoms with van der Waals surface area (Å²) < 4.78 is 6.03. The van der Waals surface area contributed by atoms with Crippen molar-refractivity contribution < 1.29 is 9.53 Å². The van der Waals surface area contributed by atoms with E-state index in [1.165, 1.54) is 0 Å². The summed E-state index contributed by atoms with van der Waals surface area (Å²) in [4.78, 5) is 24.7. The molecule has 2 aliphatic heterocycles. The van der Waals surface area contributed by atoms with Crippen molar-refractivity contribution in [2.24, 2.45) is 0 Å². The smallest absolute Gasteiger partial charge is 0.249 e. The number of morpholine rings is 1. The van der Waals surface area contributed by atoms with Crippen molar-refractivity contribution in [2.45, 2.75) is 24.6 Å². The van der Waals surface area contributed by atoms with E-state index >= 15 is 0 Å². The van der Waals surface area contributed by atoms with E-state index in [9.17, 15) is 4.79 Å².